The second-order valence-corrected chi connectivity index (χ2v) is 7.88. The van der Waals surface area contributed by atoms with E-state index in [1.807, 2.05) is 30.3 Å². The topological polar surface area (TPSA) is 128 Å². The molecule has 3 aromatic carbocycles. The van der Waals surface area contributed by atoms with Gasteiger partial charge < -0.3 is 26.2 Å². The first-order valence-corrected chi connectivity index (χ1v) is 11.0. The van der Waals surface area contributed by atoms with Gasteiger partial charge in [-0.2, -0.15) is 0 Å². The summed E-state index contributed by atoms with van der Waals surface area (Å²) >= 11 is 0. The van der Waals surface area contributed by atoms with Crippen molar-refractivity contribution >= 4 is 29.5 Å². The predicted octanol–water partition coefficient (Wildman–Crippen LogP) is 2.86. The van der Waals surface area contributed by atoms with Crippen molar-refractivity contribution in [3.63, 3.8) is 0 Å². The second kappa shape index (κ2) is 12.2. The third kappa shape index (κ3) is 7.83. The number of carbonyl (C=O) groups excluding carboxylic acids is 3. The lowest BCUT2D eigenvalue weighted by molar-refractivity contribution is -0.121. The summed E-state index contributed by atoms with van der Waals surface area (Å²) in [5, 5.41) is 27.1. The van der Waals surface area contributed by atoms with E-state index < -0.39 is 11.8 Å². The Morgan fingerprint density at radius 3 is 2.29 bits per heavy atom. The molecule has 0 unspecified atom stereocenters. The van der Waals surface area contributed by atoms with Gasteiger partial charge in [0.15, 0.2) is 0 Å². The average Bonchev–Trinajstić information content (AvgIpc) is 2.85. The van der Waals surface area contributed by atoms with E-state index in [0.717, 1.165) is 11.1 Å². The van der Waals surface area contributed by atoms with Crippen LogP contribution in [-0.4, -0.2) is 27.9 Å². The van der Waals surface area contributed by atoms with Gasteiger partial charge in [0.05, 0.1) is 13.0 Å². The van der Waals surface area contributed by atoms with Gasteiger partial charge in [0.2, 0.25) is 11.8 Å². The molecule has 0 saturated heterocycles. The number of hydrogen-bond acceptors (Lipinski definition) is 5. The SMILES string of the molecule is CC(=O)N/C(=C\c1ccc(O)c(CO)c1)C(=O)Nc1ccc(CC(=O)NCc2ccccc2)cc1. The lowest BCUT2D eigenvalue weighted by Gasteiger charge is -2.11. The van der Waals surface area contributed by atoms with E-state index in [2.05, 4.69) is 16.0 Å². The molecule has 0 radical (unpaired) electrons. The summed E-state index contributed by atoms with van der Waals surface area (Å²) in [5.74, 6) is -1.15. The van der Waals surface area contributed by atoms with Gasteiger partial charge in [-0.05, 0) is 47.0 Å². The van der Waals surface area contributed by atoms with Crippen molar-refractivity contribution in [1.82, 2.24) is 10.6 Å². The van der Waals surface area contributed by atoms with Crippen LogP contribution in [0, 0.1) is 0 Å². The van der Waals surface area contributed by atoms with Crippen LogP contribution in [0.5, 0.6) is 5.75 Å². The molecule has 5 N–H and O–H groups in total. The van der Waals surface area contributed by atoms with E-state index in [1.165, 1.54) is 25.1 Å². The maximum absolute atomic E-state index is 12.8. The molecule has 180 valence electrons. The standard InChI is InChI=1S/C27H27N3O5/c1-18(32)29-24(14-21-9-12-25(33)22(13-21)17-31)27(35)30-23-10-7-19(8-11-23)15-26(34)28-16-20-5-3-2-4-6-20/h2-14,31,33H,15-17H2,1H3,(H,28,34)(H,29,32)(H,30,35)/b24-14-. The van der Waals surface area contributed by atoms with Crippen molar-refractivity contribution in [2.45, 2.75) is 26.5 Å². The summed E-state index contributed by atoms with van der Waals surface area (Å²) in [7, 11) is 0. The number of amides is 3. The normalized spacial score (nSPS) is 11.0. The molecule has 3 rings (SSSR count). The lowest BCUT2D eigenvalue weighted by Crippen LogP contribution is -2.29. The Hall–Kier alpha value is -4.43. The van der Waals surface area contributed by atoms with Gasteiger partial charge in [-0.3, -0.25) is 14.4 Å². The smallest absolute Gasteiger partial charge is 0.272 e. The fourth-order valence-electron chi connectivity index (χ4n) is 3.29. The number of anilines is 1. The zero-order valence-electron chi connectivity index (χ0n) is 19.2. The highest BCUT2D eigenvalue weighted by Crippen LogP contribution is 2.20. The summed E-state index contributed by atoms with van der Waals surface area (Å²) in [6.45, 7) is 1.37. The average molecular weight is 474 g/mol. The number of aliphatic hydroxyl groups excluding tert-OH is 1. The molecule has 0 aromatic heterocycles. The second-order valence-electron chi connectivity index (χ2n) is 7.88. The monoisotopic (exact) mass is 473 g/mol. The highest BCUT2D eigenvalue weighted by molar-refractivity contribution is 6.08. The van der Waals surface area contributed by atoms with Gasteiger partial charge in [-0.15, -0.1) is 0 Å². The summed E-state index contributed by atoms with van der Waals surface area (Å²) in [6.07, 6.45) is 1.65. The molecule has 0 fully saturated rings. The molecule has 3 amide bonds. The molecule has 0 aliphatic carbocycles. The fraction of sp³-hybridized carbons (Fsp3) is 0.148. The molecule has 0 saturated carbocycles. The number of carbonyl (C=O) groups is 3. The van der Waals surface area contributed by atoms with E-state index in [9.17, 15) is 24.6 Å². The van der Waals surface area contributed by atoms with Gasteiger partial charge >= 0.3 is 0 Å². The van der Waals surface area contributed by atoms with Gasteiger partial charge in [-0.1, -0.05) is 48.5 Å². The van der Waals surface area contributed by atoms with Crippen molar-refractivity contribution in [3.05, 3.63) is 101 Å². The van der Waals surface area contributed by atoms with Crippen LogP contribution in [0.1, 0.15) is 29.2 Å². The van der Waals surface area contributed by atoms with Crippen LogP contribution in [0.25, 0.3) is 6.08 Å². The molecule has 0 atom stereocenters. The molecular weight excluding hydrogens is 446 g/mol. The Morgan fingerprint density at radius 1 is 0.914 bits per heavy atom. The molecule has 0 aliphatic rings. The highest BCUT2D eigenvalue weighted by atomic mass is 16.3. The van der Waals surface area contributed by atoms with Crippen LogP contribution < -0.4 is 16.0 Å². The quantitative estimate of drug-likeness (QED) is 0.305. The Balaban J connectivity index is 1.63. The number of aliphatic hydroxyl groups is 1. The summed E-state index contributed by atoms with van der Waals surface area (Å²) in [6, 6.07) is 20.9. The number of benzene rings is 3. The fourth-order valence-corrected chi connectivity index (χ4v) is 3.29. The maximum atomic E-state index is 12.8. The van der Waals surface area contributed by atoms with Crippen LogP contribution in [-0.2, 0) is 34.0 Å². The first kappa shape index (κ1) is 25.2. The predicted molar refractivity (Wildman–Crippen MR) is 133 cm³/mol. The first-order valence-electron chi connectivity index (χ1n) is 11.0. The number of aromatic hydroxyl groups is 1. The Morgan fingerprint density at radius 2 is 1.63 bits per heavy atom. The van der Waals surface area contributed by atoms with Crippen LogP contribution in [0.2, 0.25) is 0 Å². The molecule has 0 bridgehead atoms. The van der Waals surface area contributed by atoms with E-state index in [0.29, 0.717) is 23.4 Å². The minimum atomic E-state index is -0.549. The number of phenols is 1. The van der Waals surface area contributed by atoms with Gasteiger partial charge in [0.1, 0.15) is 11.4 Å². The van der Waals surface area contributed by atoms with E-state index in [-0.39, 0.29) is 30.4 Å². The van der Waals surface area contributed by atoms with Crippen molar-refractivity contribution in [1.29, 1.82) is 0 Å². The third-order valence-corrected chi connectivity index (χ3v) is 5.05. The summed E-state index contributed by atoms with van der Waals surface area (Å²) in [5.41, 5.74) is 3.10. The minimum absolute atomic E-state index is 0.00329. The summed E-state index contributed by atoms with van der Waals surface area (Å²) in [4.78, 5) is 36.6. The molecule has 8 nitrogen and oxygen atoms in total. The Labute approximate surface area is 203 Å². The van der Waals surface area contributed by atoms with Crippen molar-refractivity contribution < 1.29 is 24.6 Å². The number of hydrogen-bond donors (Lipinski definition) is 5. The molecule has 8 heteroatoms. The molecule has 35 heavy (non-hydrogen) atoms. The van der Waals surface area contributed by atoms with Crippen LogP contribution in [0.3, 0.4) is 0 Å². The molecule has 0 spiro atoms. The van der Waals surface area contributed by atoms with E-state index in [4.69, 9.17) is 0 Å². The van der Waals surface area contributed by atoms with E-state index >= 15 is 0 Å². The summed E-state index contributed by atoms with van der Waals surface area (Å²) < 4.78 is 0. The van der Waals surface area contributed by atoms with Gasteiger partial charge in [-0.25, -0.2) is 0 Å². The highest BCUT2D eigenvalue weighted by Gasteiger charge is 2.13. The zero-order valence-corrected chi connectivity index (χ0v) is 19.2. The zero-order chi connectivity index (χ0) is 25.2. The third-order valence-electron chi connectivity index (χ3n) is 5.05. The van der Waals surface area contributed by atoms with Crippen molar-refractivity contribution in [2.24, 2.45) is 0 Å². The molecular formula is C27H27N3O5. The van der Waals surface area contributed by atoms with Crippen LogP contribution >= 0.6 is 0 Å². The maximum Gasteiger partial charge on any atom is 0.272 e. The molecule has 0 aliphatic heterocycles. The molecule has 3 aromatic rings. The number of nitrogens with one attached hydrogen (secondary N) is 3. The largest absolute Gasteiger partial charge is 0.508 e. The van der Waals surface area contributed by atoms with Crippen LogP contribution in [0.4, 0.5) is 5.69 Å². The van der Waals surface area contributed by atoms with Gasteiger partial charge in [0.25, 0.3) is 5.91 Å². The Kier molecular flexibility index (Phi) is 8.75. The van der Waals surface area contributed by atoms with Gasteiger partial charge in [0, 0.05) is 24.7 Å². The van der Waals surface area contributed by atoms with Crippen LogP contribution in [0.15, 0.2) is 78.5 Å². The van der Waals surface area contributed by atoms with E-state index in [1.54, 1.807) is 30.3 Å². The Bertz CT molecular complexity index is 1220. The number of rotatable bonds is 9. The minimum Gasteiger partial charge on any atom is -0.508 e. The lowest BCUT2D eigenvalue weighted by atomic mass is 10.1. The van der Waals surface area contributed by atoms with Crippen molar-refractivity contribution in [3.8, 4) is 5.75 Å². The van der Waals surface area contributed by atoms with Crippen molar-refractivity contribution in [2.75, 3.05) is 5.32 Å². The first-order chi connectivity index (χ1) is 16.8. The molecule has 0 heterocycles.